The number of anilines is 2. The fourth-order valence-corrected chi connectivity index (χ4v) is 9.74. The number of aromatic amines is 1. The second-order valence-electron chi connectivity index (χ2n) is 13.1. The molecule has 0 bridgehead atoms. The lowest BCUT2D eigenvalue weighted by molar-refractivity contribution is 0.0910. The molecule has 0 unspecified atom stereocenters. The third-order valence-electron chi connectivity index (χ3n) is 9.44. The van der Waals surface area contributed by atoms with Crippen molar-refractivity contribution in [3.8, 4) is 0 Å². The van der Waals surface area contributed by atoms with E-state index >= 15 is 0 Å². The number of halogens is 3. The van der Waals surface area contributed by atoms with Crippen LogP contribution in [-0.4, -0.2) is 59.4 Å². The second kappa shape index (κ2) is 16.3. The lowest BCUT2D eigenvalue weighted by Crippen LogP contribution is -2.29. The zero-order chi connectivity index (χ0) is 43.2. The Morgan fingerprint density at radius 1 is 0.541 bits per heavy atom. The van der Waals surface area contributed by atoms with E-state index in [9.17, 15) is 36.0 Å². The van der Waals surface area contributed by atoms with E-state index in [-0.39, 0.29) is 32.9 Å². The molecule has 0 saturated heterocycles. The molecule has 4 amide bonds. The van der Waals surface area contributed by atoms with Gasteiger partial charge in [-0.05, 0) is 92.5 Å². The summed E-state index contributed by atoms with van der Waals surface area (Å²) in [6, 6.07) is 32.6. The largest absolute Gasteiger partial charge is 0.345 e. The van der Waals surface area contributed by atoms with Crippen LogP contribution in [0.4, 0.5) is 11.4 Å². The van der Waals surface area contributed by atoms with E-state index in [0.717, 1.165) is 23.6 Å². The van der Waals surface area contributed by atoms with Crippen molar-refractivity contribution >= 4 is 119 Å². The number of nitrogens with zero attached hydrogens (tertiary/aromatic N) is 5. The van der Waals surface area contributed by atoms with E-state index < -0.39 is 30.9 Å². The number of H-pyrrole nitrogens is 1. The number of rotatable bonds is 5. The smallest absolute Gasteiger partial charge is 0.269 e. The first-order chi connectivity index (χ1) is 29.2. The van der Waals surface area contributed by atoms with Gasteiger partial charge in [0.1, 0.15) is 5.65 Å². The van der Waals surface area contributed by atoms with Crippen molar-refractivity contribution in [1.29, 1.82) is 0 Å². The molecule has 0 aliphatic carbocycles. The highest BCUT2D eigenvalue weighted by Gasteiger charge is 2.38. The third-order valence-corrected chi connectivity index (χ3v) is 13.8. The maximum atomic E-state index is 13.0. The highest BCUT2D eigenvalue weighted by atomic mass is 79.9. The van der Waals surface area contributed by atoms with E-state index in [4.69, 9.17) is 10.7 Å². The Morgan fingerprint density at radius 2 is 0.967 bits per heavy atom. The first kappa shape index (κ1) is 41.4. The van der Waals surface area contributed by atoms with Crippen molar-refractivity contribution in [3.05, 3.63) is 177 Å². The van der Waals surface area contributed by atoms with Gasteiger partial charge in [0.25, 0.3) is 42.7 Å². The Kier molecular flexibility index (Phi) is 11.1. The van der Waals surface area contributed by atoms with Crippen LogP contribution in [0.25, 0.3) is 22.1 Å². The van der Waals surface area contributed by atoms with E-state index in [2.05, 4.69) is 46.8 Å². The number of nitrogens with one attached hydrogen (secondary N) is 1. The minimum atomic E-state index is -3.87. The molecule has 4 aromatic carbocycles. The molecule has 10 rings (SSSR count). The minimum Gasteiger partial charge on any atom is -0.345 e. The molecule has 2 aliphatic heterocycles. The van der Waals surface area contributed by atoms with Gasteiger partial charge in [-0.3, -0.25) is 19.2 Å². The molecule has 0 saturated carbocycles. The van der Waals surface area contributed by atoms with Crippen molar-refractivity contribution in [2.24, 2.45) is 0 Å². The number of carbonyl (C=O) groups excluding carboxylic acids is 4. The predicted octanol–water partition coefficient (Wildman–Crippen LogP) is 8.58. The van der Waals surface area contributed by atoms with E-state index in [1.807, 2.05) is 0 Å². The first-order valence-corrected chi connectivity index (χ1v) is 23.1. The molecule has 6 heterocycles. The maximum Gasteiger partial charge on any atom is 0.269 e. The number of imide groups is 2. The van der Waals surface area contributed by atoms with Gasteiger partial charge in [0.05, 0.1) is 55.8 Å². The van der Waals surface area contributed by atoms with Crippen LogP contribution >= 0.6 is 42.5 Å². The zero-order valence-corrected chi connectivity index (χ0v) is 36.4. The Hall–Kier alpha value is -6.31. The standard InChI is InChI=1S/C21H12BrN3O4S.C15H8BrN3O2.C6H5ClO2S/c22-18-12-24(30(28,29)14-6-2-1-3-7-14)19-17(18)10-13(11-23-19)25-20(26)15-8-4-5-9-16(15)21(25)27;16-12-7-18-13-11(12)5-8(6-17-13)19-14(20)9-3-1-2-4-10(9)15(19)21;7-10(8,9)6-4-2-1-3-5-6/h1-12H;1-7H,(H,17,18);1-5H. The molecule has 0 atom stereocenters. The first-order valence-electron chi connectivity index (χ1n) is 17.7. The number of aromatic nitrogens is 4. The fraction of sp³-hybridized carbons (Fsp3) is 0. The van der Waals surface area contributed by atoms with Crippen LogP contribution in [0.3, 0.4) is 0 Å². The van der Waals surface area contributed by atoms with Gasteiger partial charge in [-0.15, -0.1) is 0 Å². The number of fused-ring (bicyclic) bond motifs is 4. The molecular weight excluding hydrogens is 976 g/mol. The molecule has 304 valence electrons. The summed E-state index contributed by atoms with van der Waals surface area (Å²) in [7, 11) is -2.36. The van der Waals surface area contributed by atoms with E-state index in [0.29, 0.717) is 43.4 Å². The van der Waals surface area contributed by atoms with Crippen LogP contribution in [0, 0.1) is 0 Å². The molecule has 0 spiro atoms. The van der Waals surface area contributed by atoms with Crippen LogP contribution in [0.5, 0.6) is 0 Å². The molecule has 14 nitrogen and oxygen atoms in total. The van der Waals surface area contributed by atoms with Crippen LogP contribution < -0.4 is 9.80 Å². The average molecular weight is 1000 g/mol. The van der Waals surface area contributed by atoms with Gasteiger partial charge in [0, 0.05) is 42.8 Å². The molecule has 4 aromatic heterocycles. The molecular formula is C42H25Br2ClN6O8S2. The summed E-state index contributed by atoms with van der Waals surface area (Å²) in [4.78, 5) is 64.3. The van der Waals surface area contributed by atoms with Gasteiger partial charge in [0.15, 0.2) is 5.65 Å². The fourth-order valence-electron chi connectivity index (χ4n) is 6.56. The summed E-state index contributed by atoms with van der Waals surface area (Å²) in [6.07, 6.45) is 6.02. The van der Waals surface area contributed by atoms with Crippen molar-refractivity contribution < 1.29 is 36.0 Å². The summed E-state index contributed by atoms with van der Waals surface area (Å²) >= 11 is 6.78. The number of carbonyl (C=O) groups is 4. The van der Waals surface area contributed by atoms with Gasteiger partial charge in [0.2, 0.25) is 0 Å². The Labute approximate surface area is 368 Å². The number of pyridine rings is 2. The van der Waals surface area contributed by atoms with E-state index in [1.54, 1.807) is 103 Å². The predicted molar refractivity (Wildman–Crippen MR) is 235 cm³/mol. The van der Waals surface area contributed by atoms with Crippen LogP contribution in [-0.2, 0) is 19.1 Å². The SMILES string of the molecule is O=C1c2ccccc2C(=O)N1c1cnc2[nH]cc(Br)c2c1.O=C1c2ccccc2C(=O)N1c1cnc2c(c1)c(Br)cn2S(=O)(=O)c1ccccc1.O=S(=O)(Cl)c1ccccc1. The number of benzene rings is 4. The van der Waals surface area contributed by atoms with Crippen LogP contribution in [0.2, 0.25) is 0 Å². The summed E-state index contributed by atoms with van der Waals surface area (Å²) in [5.41, 5.74) is 3.12. The van der Waals surface area contributed by atoms with Crippen molar-refractivity contribution in [2.45, 2.75) is 9.79 Å². The summed E-state index contributed by atoms with van der Waals surface area (Å²) in [5.74, 6) is -1.51. The Bertz CT molecular complexity index is 3260. The van der Waals surface area contributed by atoms with Gasteiger partial charge in [-0.25, -0.2) is 40.6 Å². The molecule has 0 fully saturated rings. The molecule has 1 N–H and O–H groups in total. The van der Waals surface area contributed by atoms with Gasteiger partial charge in [-0.2, -0.15) is 0 Å². The van der Waals surface area contributed by atoms with Crippen molar-refractivity contribution in [1.82, 2.24) is 18.9 Å². The lowest BCUT2D eigenvalue weighted by atomic mass is 10.1. The number of hydrogen-bond acceptors (Lipinski definition) is 10. The van der Waals surface area contributed by atoms with Crippen LogP contribution in [0.15, 0.2) is 165 Å². The summed E-state index contributed by atoms with van der Waals surface area (Å²) < 4.78 is 49.7. The second-order valence-corrected chi connectivity index (χ2v) is 19.2. The summed E-state index contributed by atoms with van der Waals surface area (Å²) in [5, 5.41) is 1.28. The lowest BCUT2D eigenvalue weighted by Gasteiger charge is -2.14. The molecule has 61 heavy (non-hydrogen) atoms. The number of hydrogen-bond donors (Lipinski definition) is 1. The normalized spacial score (nSPS) is 13.5. The zero-order valence-electron chi connectivity index (χ0n) is 30.8. The molecule has 2 aliphatic rings. The third kappa shape index (κ3) is 7.68. The summed E-state index contributed by atoms with van der Waals surface area (Å²) in [6.45, 7) is 0. The van der Waals surface area contributed by atoms with Gasteiger partial charge < -0.3 is 4.98 Å². The highest BCUT2D eigenvalue weighted by molar-refractivity contribution is 9.11. The molecule has 19 heteroatoms. The number of amides is 4. The molecule has 8 aromatic rings. The van der Waals surface area contributed by atoms with E-state index in [1.165, 1.54) is 42.9 Å². The van der Waals surface area contributed by atoms with Crippen molar-refractivity contribution in [3.63, 3.8) is 0 Å². The Morgan fingerprint density at radius 3 is 1.43 bits per heavy atom. The van der Waals surface area contributed by atoms with Crippen LogP contribution in [0.1, 0.15) is 41.4 Å². The Balaban J connectivity index is 0.000000143. The topological polar surface area (TPSA) is 190 Å². The quantitative estimate of drug-likeness (QED) is 0.129. The van der Waals surface area contributed by atoms with Gasteiger partial charge >= 0.3 is 0 Å². The van der Waals surface area contributed by atoms with Crippen molar-refractivity contribution in [2.75, 3.05) is 9.80 Å². The van der Waals surface area contributed by atoms with Gasteiger partial charge in [-0.1, -0.05) is 60.7 Å². The monoisotopic (exact) mass is 998 g/mol. The maximum absolute atomic E-state index is 13.0. The minimum absolute atomic E-state index is 0.126. The molecule has 0 radical (unpaired) electrons. The average Bonchev–Trinajstić information content (AvgIpc) is 3.97. The highest BCUT2D eigenvalue weighted by Crippen LogP contribution is 2.35.